The number of benzene rings is 1. The molecule has 1 saturated heterocycles. The molecule has 6 nitrogen and oxygen atoms in total. The van der Waals surface area contributed by atoms with Gasteiger partial charge in [-0.05, 0) is 44.5 Å². The normalized spacial score (nSPS) is 16.1. The van der Waals surface area contributed by atoms with Gasteiger partial charge in [-0.3, -0.25) is 5.01 Å². The number of para-hydroxylation sites is 1. The fraction of sp³-hybridized carbons (Fsp3) is 0.500. The fourth-order valence-corrected chi connectivity index (χ4v) is 3.40. The number of hydrazine groups is 1. The Morgan fingerprint density at radius 1 is 1.25 bits per heavy atom. The van der Waals surface area contributed by atoms with Crippen LogP contribution >= 0.6 is 0 Å². The highest BCUT2D eigenvalue weighted by Gasteiger charge is 2.27. The van der Waals surface area contributed by atoms with Crippen LogP contribution in [-0.2, 0) is 0 Å². The van der Waals surface area contributed by atoms with Crippen molar-refractivity contribution < 1.29 is 4.79 Å². The minimum absolute atomic E-state index is 0.0609. The number of carbonyl (C=O) groups is 1. The summed E-state index contributed by atoms with van der Waals surface area (Å²) in [5.41, 5.74) is 2.55. The molecule has 2 aromatic rings. The lowest BCUT2D eigenvalue weighted by Crippen LogP contribution is -2.51. The number of hydrogen-bond acceptors (Lipinski definition) is 3. The van der Waals surface area contributed by atoms with Gasteiger partial charge in [0.15, 0.2) is 0 Å². The molecule has 1 aromatic heterocycles. The van der Waals surface area contributed by atoms with Crippen LogP contribution in [0.2, 0.25) is 0 Å². The molecule has 0 atom stereocenters. The highest BCUT2D eigenvalue weighted by atomic mass is 16.2. The van der Waals surface area contributed by atoms with Crippen molar-refractivity contribution in [1.29, 1.82) is 0 Å². The number of amides is 2. The summed E-state index contributed by atoms with van der Waals surface area (Å²) in [6, 6.07) is 8.34. The third-order valence-electron chi connectivity index (χ3n) is 4.86. The summed E-state index contributed by atoms with van der Waals surface area (Å²) in [6.07, 6.45) is 4.09. The Bertz CT molecular complexity index is 688. The number of nitrogens with two attached hydrogens (primary N) is 1. The number of likely N-dealkylation sites (tertiary alicyclic amines) is 1. The van der Waals surface area contributed by atoms with Crippen molar-refractivity contribution in [2.75, 3.05) is 40.3 Å². The van der Waals surface area contributed by atoms with Crippen molar-refractivity contribution in [2.24, 2.45) is 5.84 Å². The predicted octanol–water partition coefficient (Wildman–Crippen LogP) is 2.20. The van der Waals surface area contributed by atoms with Crippen molar-refractivity contribution in [2.45, 2.75) is 18.8 Å². The number of hydrogen-bond donors (Lipinski definition) is 2. The molecule has 24 heavy (non-hydrogen) atoms. The highest BCUT2D eigenvalue weighted by Crippen LogP contribution is 2.33. The molecule has 1 aliphatic rings. The van der Waals surface area contributed by atoms with Gasteiger partial charge in [-0.25, -0.2) is 10.6 Å². The van der Waals surface area contributed by atoms with Crippen LogP contribution < -0.4 is 5.84 Å². The number of aromatic amines is 1. The Morgan fingerprint density at radius 3 is 2.67 bits per heavy atom. The van der Waals surface area contributed by atoms with E-state index in [9.17, 15) is 4.79 Å². The SMILES string of the molecule is CN(C)CCN(N)C(=O)N1CCC(c2c[nH]c3ccccc23)CC1. The van der Waals surface area contributed by atoms with Crippen molar-refractivity contribution in [3.8, 4) is 0 Å². The molecule has 0 spiro atoms. The Hall–Kier alpha value is -2.05. The van der Waals surface area contributed by atoms with E-state index >= 15 is 0 Å². The first kappa shape index (κ1) is 16.8. The van der Waals surface area contributed by atoms with Crippen LogP contribution in [0.15, 0.2) is 30.5 Å². The summed E-state index contributed by atoms with van der Waals surface area (Å²) >= 11 is 0. The van der Waals surface area contributed by atoms with Gasteiger partial charge in [0.1, 0.15) is 0 Å². The van der Waals surface area contributed by atoms with E-state index in [1.807, 2.05) is 30.0 Å². The second-order valence-corrected chi connectivity index (χ2v) is 6.83. The zero-order valence-corrected chi connectivity index (χ0v) is 14.5. The summed E-state index contributed by atoms with van der Waals surface area (Å²) in [4.78, 5) is 19.7. The van der Waals surface area contributed by atoms with E-state index in [1.165, 1.54) is 21.5 Å². The van der Waals surface area contributed by atoms with Gasteiger partial charge in [-0.15, -0.1) is 0 Å². The lowest BCUT2D eigenvalue weighted by molar-refractivity contribution is 0.137. The molecule has 0 bridgehead atoms. The molecule has 0 aliphatic carbocycles. The summed E-state index contributed by atoms with van der Waals surface area (Å²) in [5.74, 6) is 6.41. The topological polar surface area (TPSA) is 68.6 Å². The van der Waals surface area contributed by atoms with E-state index in [0.717, 1.165) is 32.5 Å². The van der Waals surface area contributed by atoms with Crippen molar-refractivity contribution in [3.05, 3.63) is 36.0 Å². The van der Waals surface area contributed by atoms with E-state index in [4.69, 9.17) is 5.84 Å². The quantitative estimate of drug-likeness (QED) is 0.513. The summed E-state index contributed by atoms with van der Waals surface area (Å²) in [5, 5.41) is 2.64. The summed E-state index contributed by atoms with van der Waals surface area (Å²) in [6.45, 7) is 2.85. The molecule has 3 rings (SSSR count). The van der Waals surface area contributed by atoms with Gasteiger partial charge in [-0.1, -0.05) is 18.2 Å². The van der Waals surface area contributed by atoms with Crippen LogP contribution in [0, 0.1) is 0 Å². The number of aromatic nitrogens is 1. The first-order valence-corrected chi connectivity index (χ1v) is 8.58. The van der Waals surface area contributed by atoms with Gasteiger partial charge in [-0.2, -0.15) is 0 Å². The molecule has 0 unspecified atom stereocenters. The number of fused-ring (bicyclic) bond motifs is 1. The standard InChI is InChI=1S/C18H27N5O/c1-21(2)11-12-23(19)18(24)22-9-7-14(8-10-22)16-13-20-17-6-4-3-5-15(16)17/h3-6,13-14,20H,7-12,19H2,1-2H3. The Balaban J connectivity index is 1.58. The summed E-state index contributed by atoms with van der Waals surface area (Å²) < 4.78 is 0. The smallest absolute Gasteiger partial charge is 0.334 e. The van der Waals surface area contributed by atoms with E-state index in [1.54, 1.807) is 0 Å². The van der Waals surface area contributed by atoms with Crippen LogP contribution in [0.1, 0.15) is 24.3 Å². The lowest BCUT2D eigenvalue weighted by atomic mass is 9.89. The molecule has 0 saturated carbocycles. The number of urea groups is 1. The summed E-state index contributed by atoms with van der Waals surface area (Å²) in [7, 11) is 3.95. The molecule has 6 heteroatoms. The molecule has 1 aliphatic heterocycles. The average Bonchev–Trinajstić information content (AvgIpc) is 3.03. The molecule has 1 fully saturated rings. The molecule has 1 aromatic carbocycles. The Labute approximate surface area is 143 Å². The van der Waals surface area contributed by atoms with Crippen molar-refractivity contribution in [1.82, 2.24) is 19.8 Å². The number of carbonyl (C=O) groups excluding carboxylic acids is 1. The zero-order valence-electron chi connectivity index (χ0n) is 14.5. The maximum Gasteiger partial charge on any atom is 0.334 e. The van der Waals surface area contributed by atoms with Crippen LogP contribution in [0.4, 0.5) is 4.79 Å². The second-order valence-electron chi connectivity index (χ2n) is 6.83. The van der Waals surface area contributed by atoms with Crippen LogP contribution in [0.5, 0.6) is 0 Å². The maximum absolute atomic E-state index is 12.4. The fourth-order valence-electron chi connectivity index (χ4n) is 3.40. The number of rotatable bonds is 4. The minimum atomic E-state index is -0.0609. The first-order chi connectivity index (χ1) is 11.6. The molecule has 2 amide bonds. The molecule has 2 heterocycles. The number of piperidine rings is 1. The van der Waals surface area contributed by atoms with E-state index in [-0.39, 0.29) is 6.03 Å². The van der Waals surface area contributed by atoms with E-state index in [2.05, 4.69) is 29.4 Å². The third-order valence-corrected chi connectivity index (χ3v) is 4.86. The minimum Gasteiger partial charge on any atom is -0.361 e. The number of likely N-dealkylation sites (N-methyl/N-ethyl adjacent to an activating group) is 1. The van der Waals surface area contributed by atoms with Gasteiger partial charge in [0.2, 0.25) is 0 Å². The molecular formula is C18H27N5O. The average molecular weight is 329 g/mol. The van der Waals surface area contributed by atoms with Crippen LogP contribution in [0.3, 0.4) is 0 Å². The van der Waals surface area contributed by atoms with Crippen LogP contribution in [0.25, 0.3) is 10.9 Å². The molecular weight excluding hydrogens is 302 g/mol. The van der Waals surface area contributed by atoms with Gasteiger partial charge in [0, 0.05) is 36.7 Å². The van der Waals surface area contributed by atoms with E-state index < -0.39 is 0 Å². The highest BCUT2D eigenvalue weighted by molar-refractivity contribution is 5.83. The molecule has 130 valence electrons. The zero-order chi connectivity index (χ0) is 17.1. The monoisotopic (exact) mass is 329 g/mol. The number of nitrogens with one attached hydrogen (secondary N) is 1. The largest absolute Gasteiger partial charge is 0.361 e. The van der Waals surface area contributed by atoms with Gasteiger partial charge in [0.05, 0.1) is 6.54 Å². The lowest BCUT2D eigenvalue weighted by Gasteiger charge is -2.34. The third kappa shape index (κ3) is 3.55. The van der Waals surface area contributed by atoms with Crippen LogP contribution in [-0.4, -0.2) is 66.1 Å². The van der Waals surface area contributed by atoms with E-state index in [0.29, 0.717) is 12.5 Å². The molecule has 3 N–H and O–H groups in total. The van der Waals surface area contributed by atoms with Gasteiger partial charge >= 0.3 is 6.03 Å². The Kier molecular flexibility index (Phi) is 5.06. The molecule has 0 radical (unpaired) electrons. The maximum atomic E-state index is 12.4. The van der Waals surface area contributed by atoms with Gasteiger partial charge < -0.3 is 14.8 Å². The van der Waals surface area contributed by atoms with Gasteiger partial charge in [0.25, 0.3) is 0 Å². The number of nitrogens with zero attached hydrogens (tertiary/aromatic N) is 3. The first-order valence-electron chi connectivity index (χ1n) is 8.58. The van der Waals surface area contributed by atoms with Crippen molar-refractivity contribution in [3.63, 3.8) is 0 Å². The second kappa shape index (κ2) is 7.23. The number of H-pyrrole nitrogens is 1. The predicted molar refractivity (Wildman–Crippen MR) is 96.7 cm³/mol. The Morgan fingerprint density at radius 2 is 1.96 bits per heavy atom. The van der Waals surface area contributed by atoms with Crippen molar-refractivity contribution >= 4 is 16.9 Å².